The van der Waals surface area contributed by atoms with Crippen molar-refractivity contribution in [2.24, 2.45) is 0 Å². The number of anilines is 1. The standard InChI is InChI=1S/C14H18N2O5S/c1-22(20,21)11-6-4-10(5-7-11)15-13(17)9-16-8-2-3-12(16)14(18)19/h4-7,12H,2-3,8-9H2,1H3,(H,15,17)(H,18,19). The Bertz CT molecular complexity index is 669. The van der Waals surface area contributed by atoms with Gasteiger partial charge in [0.25, 0.3) is 0 Å². The van der Waals surface area contributed by atoms with E-state index in [1.54, 1.807) is 4.90 Å². The Labute approximate surface area is 128 Å². The number of carbonyl (C=O) groups is 2. The molecule has 1 amide bonds. The fourth-order valence-corrected chi connectivity index (χ4v) is 3.10. The van der Waals surface area contributed by atoms with Gasteiger partial charge < -0.3 is 10.4 Å². The number of sulfone groups is 1. The quantitative estimate of drug-likeness (QED) is 0.820. The Balaban J connectivity index is 1.96. The number of nitrogens with one attached hydrogen (secondary N) is 1. The molecule has 120 valence electrons. The maximum Gasteiger partial charge on any atom is 0.320 e. The van der Waals surface area contributed by atoms with E-state index in [0.717, 1.165) is 12.7 Å². The van der Waals surface area contributed by atoms with Crippen molar-refractivity contribution in [1.82, 2.24) is 4.90 Å². The van der Waals surface area contributed by atoms with Gasteiger partial charge in [-0.05, 0) is 43.7 Å². The first-order valence-corrected chi connectivity index (χ1v) is 8.73. The second kappa shape index (κ2) is 6.45. The number of hydrogen-bond acceptors (Lipinski definition) is 5. The topological polar surface area (TPSA) is 104 Å². The molecular formula is C14H18N2O5S. The number of likely N-dealkylation sites (tertiary alicyclic amines) is 1. The van der Waals surface area contributed by atoms with Gasteiger partial charge in [0.15, 0.2) is 9.84 Å². The van der Waals surface area contributed by atoms with E-state index in [1.165, 1.54) is 24.3 Å². The van der Waals surface area contributed by atoms with Gasteiger partial charge >= 0.3 is 5.97 Å². The molecule has 1 aromatic carbocycles. The Morgan fingerprint density at radius 3 is 2.50 bits per heavy atom. The summed E-state index contributed by atoms with van der Waals surface area (Å²) in [4.78, 5) is 24.8. The molecule has 1 aliphatic rings. The molecule has 0 aromatic heterocycles. The van der Waals surface area contributed by atoms with Crippen LogP contribution >= 0.6 is 0 Å². The fourth-order valence-electron chi connectivity index (χ4n) is 2.47. The van der Waals surface area contributed by atoms with E-state index in [0.29, 0.717) is 18.7 Å². The van der Waals surface area contributed by atoms with Crippen LogP contribution in [0.15, 0.2) is 29.2 Å². The summed E-state index contributed by atoms with van der Waals surface area (Å²) in [5.74, 6) is -1.23. The van der Waals surface area contributed by atoms with Crippen molar-refractivity contribution in [3.05, 3.63) is 24.3 Å². The predicted molar refractivity (Wildman–Crippen MR) is 80.4 cm³/mol. The van der Waals surface area contributed by atoms with Crippen molar-refractivity contribution in [2.45, 2.75) is 23.8 Å². The van der Waals surface area contributed by atoms with Crippen LogP contribution in [0.3, 0.4) is 0 Å². The highest BCUT2D eigenvalue weighted by Gasteiger charge is 2.31. The molecule has 2 rings (SSSR count). The molecule has 0 aliphatic carbocycles. The molecule has 2 N–H and O–H groups in total. The van der Waals surface area contributed by atoms with Crippen molar-refractivity contribution in [2.75, 3.05) is 24.7 Å². The average Bonchev–Trinajstić information content (AvgIpc) is 2.86. The minimum Gasteiger partial charge on any atom is -0.480 e. The summed E-state index contributed by atoms with van der Waals surface area (Å²) in [5, 5.41) is 11.7. The van der Waals surface area contributed by atoms with Crippen molar-refractivity contribution in [3.8, 4) is 0 Å². The normalized spacial score (nSPS) is 19.0. The van der Waals surface area contributed by atoms with Crippen LogP contribution in [0.25, 0.3) is 0 Å². The second-order valence-electron chi connectivity index (χ2n) is 5.31. The lowest BCUT2D eigenvalue weighted by molar-refractivity contribution is -0.142. The van der Waals surface area contributed by atoms with Gasteiger partial charge in [0, 0.05) is 11.9 Å². The molecule has 22 heavy (non-hydrogen) atoms. The van der Waals surface area contributed by atoms with Gasteiger partial charge in [0.05, 0.1) is 11.4 Å². The molecular weight excluding hydrogens is 308 g/mol. The highest BCUT2D eigenvalue weighted by Crippen LogP contribution is 2.18. The molecule has 1 aromatic rings. The number of carboxylic acid groups (broad SMARTS) is 1. The first kappa shape index (κ1) is 16.4. The fraction of sp³-hybridized carbons (Fsp3) is 0.429. The van der Waals surface area contributed by atoms with Crippen molar-refractivity contribution in [3.63, 3.8) is 0 Å². The monoisotopic (exact) mass is 326 g/mol. The summed E-state index contributed by atoms with van der Waals surface area (Å²) in [5.41, 5.74) is 0.475. The molecule has 1 atom stereocenters. The van der Waals surface area contributed by atoms with Gasteiger partial charge in [0.1, 0.15) is 6.04 Å². The van der Waals surface area contributed by atoms with Gasteiger partial charge in [-0.2, -0.15) is 0 Å². The maximum atomic E-state index is 12.0. The zero-order valence-corrected chi connectivity index (χ0v) is 13.0. The molecule has 1 unspecified atom stereocenters. The third-order valence-electron chi connectivity index (χ3n) is 3.56. The Morgan fingerprint density at radius 2 is 1.95 bits per heavy atom. The van der Waals surface area contributed by atoms with Crippen LogP contribution in [0.1, 0.15) is 12.8 Å². The molecule has 8 heteroatoms. The zero-order valence-electron chi connectivity index (χ0n) is 12.2. The first-order valence-electron chi connectivity index (χ1n) is 6.84. The van der Waals surface area contributed by atoms with Gasteiger partial charge in [-0.3, -0.25) is 14.5 Å². The van der Waals surface area contributed by atoms with Gasteiger partial charge in [0.2, 0.25) is 5.91 Å². The molecule has 1 fully saturated rings. The number of carbonyl (C=O) groups excluding carboxylic acids is 1. The van der Waals surface area contributed by atoms with E-state index in [9.17, 15) is 18.0 Å². The largest absolute Gasteiger partial charge is 0.480 e. The number of amides is 1. The lowest BCUT2D eigenvalue weighted by atomic mass is 10.2. The maximum absolute atomic E-state index is 12.0. The predicted octanol–water partition coefficient (Wildman–Crippen LogP) is 0.578. The molecule has 1 heterocycles. The van der Waals surface area contributed by atoms with E-state index in [4.69, 9.17) is 5.11 Å². The summed E-state index contributed by atoms with van der Waals surface area (Å²) in [6, 6.07) is 5.24. The molecule has 1 aliphatic heterocycles. The van der Waals surface area contributed by atoms with Crippen LogP contribution in [0.4, 0.5) is 5.69 Å². The Hall–Kier alpha value is -1.93. The first-order chi connectivity index (χ1) is 10.3. The number of aliphatic carboxylic acids is 1. The van der Waals surface area contributed by atoms with E-state index in [1.807, 2.05) is 0 Å². The third kappa shape index (κ3) is 4.05. The molecule has 0 saturated carbocycles. The molecule has 0 spiro atoms. The van der Waals surface area contributed by atoms with Crippen molar-refractivity contribution >= 4 is 27.4 Å². The molecule has 1 saturated heterocycles. The molecule has 0 bridgehead atoms. The Morgan fingerprint density at radius 1 is 1.32 bits per heavy atom. The van der Waals surface area contributed by atoms with E-state index >= 15 is 0 Å². The lowest BCUT2D eigenvalue weighted by Crippen LogP contribution is -2.40. The summed E-state index contributed by atoms with van der Waals surface area (Å²) >= 11 is 0. The van der Waals surface area contributed by atoms with Gasteiger partial charge in [-0.25, -0.2) is 8.42 Å². The summed E-state index contributed by atoms with van der Waals surface area (Å²) in [6.07, 6.45) is 2.42. The number of nitrogens with zero attached hydrogens (tertiary/aromatic N) is 1. The van der Waals surface area contributed by atoms with Crippen LogP contribution in [-0.2, 0) is 19.4 Å². The van der Waals surface area contributed by atoms with Crippen LogP contribution in [-0.4, -0.2) is 55.7 Å². The highest BCUT2D eigenvalue weighted by atomic mass is 32.2. The van der Waals surface area contributed by atoms with Crippen molar-refractivity contribution < 1.29 is 23.1 Å². The number of hydrogen-bond donors (Lipinski definition) is 2. The van der Waals surface area contributed by atoms with Crippen LogP contribution in [0.5, 0.6) is 0 Å². The third-order valence-corrected chi connectivity index (χ3v) is 4.69. The lowest BCUT2D eigenvalue weighted by Gasteiger charge is -2.20. The van der Waals surface area contributed by atoms with Crippen LogP contribution in [0, 0.1) is 0 Å². The SMILES string of the molecule is CS(=O)(=O)c1ccc(NC(=O)CN2CCCC2C(=O)O)cc1. The summed E-state index contributed by atoms with van der Waals surface area (Å²) in [6.45, 7) is 0.586. The number of carboxylic acids is 1. The number of benzene rings is 1. The van der Waals surface area contributed by atoms with Crippen molar-refractivity contribution in [1.29, 1.82) is 0 Å². The summed E-state index contributed by atoms with van der Waals surface area (Å²) in [7, 11) is -3.27. The Kier molecular flexibility index (Phi) is 4.82. The van der Waals surface area contributed by atoms with E-state index < -0.39 is 21.8 Å². The van der Waals surface area contributed by atoms with Crippen LogP contribution in [0.2, 0.25) is 0 Å². The minimum absolute atomic E-state index is 0.00476. The summed E-state index contributed by atoms with van der Waals surface area (Å²) < 4.78 is 22.7. The zero-order chi connectivity index (χ0) is 16.3. The van der Waals surface area contributed by atoms with E-state index in [2.05, 4.69) is 5.32 Å². The highest BCUT2D eigenvalue weighted by molar-refractivity contribution is 7.90. The smallest absolute Gasteiger partial charge is 0.320 e. The second-order valence-corrected chi connectivity index (χ2v) is 7.33. The minimum atomic E-state index is -3.27. The number of rotatable bonds is 5. The average molecular weight is 326 g/mol. The molecule has 0 radical (unpaired) electrons. The van der Waals surface area contributed by atoms with Gasteiger partial charge in [-0.1, -0.05) is 0 Å². The van der Waals surface area contributed by atoms with Crippen LogP contribution < -0.4 is 5.32 Å². The molecule has 7 nitrogen and oxygen atoms in total. The van der Waals surface area contributed by atoms with E-state index in [-0.39, 0.29) is 17.3 Å². The van der Waals surface area contributed by atoms with Gasteiger partial charge in [-0.15, -0.1) is 0 Å².